The summed E-state index contributed by atoms with van der Waals surface area (Å²) in [5, 5.41) is 13.8. The summed E-state index contributed by atoms with van der Waals surface area (Å²) in [5.74, 6) is -0.641. The van der Waals surface area contributed by atoms with Crippen LogP contribution in [-0.4, -0.2) is 45.2 Å². The van der Waals surface area contributed by atoms with Gasteiger partial charge in [0.2, 0.25) is 10.0 Å². The molecule has 10 nitrogen and oxygen atoms in total. The normalized spacial score (nSPS) is 14.3. The van der Waals surface area contributed by atoms with Gasteiger partial charge in [0, 0.05) is 11.9 Å². The first-order chi connectivity index (χ1) is 19.6. The molecule has 0 saturated heterocycles. The van der Waals surface area contributed by atoms with Gasteiger partial charge in [0.15, 0.2) is 0 Å². The summed E-state index contributed by atoms with van der Waals surface area (Å²) in [6.45, 7) is 5.27. The largest absolute Gasteiger partial charge is 0.506 e. The van der Waals surface area contributed by atoms with Crippen LogP contribution in [0.15, 0.2) is 66.2 Å². The SMILES string of the molecule is C=CCC1(S(=O)(=O)n2cc(O)c3c(C(=O)NCc4c(OC)cc(C)[nH]c4=O)cc(/C=C/c4ccccn4)cc32)CC1. The Morgan fingerprint density at radius 2 is 2.05 bits per heavy atom. The molecule has 5 rings (SSSR count). The lowest BCUT2D eigenvalue weighted by Gasteiger charge is -2.16. The van der Waals surface area contributed by atoms with Gasteiger partial charge in [-0.1, -0.05) is 18.2 Å². The maximum absolute atomic E-state index is 13.8. The number of benzene rings is 1. The maximum atomic E-state index is 13.8. The Kier molecular flexibility index (Phi) is 7.31. The first-order valence-corrected chi connectivity index (χ1v) is 14.4. The minimum atomic E-state index is -3.94. The van der Waals surface area contributed by atoms with Gasteiger partial charge in [0.25, 0.3) is 11.5 Å². The Labute approximate surface area is 237 Å². The monoisotopic (exact) mass is 574 g/mol. The zero-order chi connectivity index (χ0) is 29.4. The summed E-state index contributed by atoms with van der Waals surface area (Å²) in [7, 11) is -2.51. The molecule has 0 radical (unpaired) electrons. The van der Waals surface area contributed by atoms with Crippen LogP contribution in [0.25, 0.3) is 23.1 Å². The summed E-state index contributed by atoms with van der Waals surface area (Å²) in [5.41, 5.74) is 1.81. The number of aryl methyl sites for hydroxylation is 1. The van der Waals surface area contributed by atoms with E-state index in [0.29, 0.717) is 35.5 Å². The zero-order valence-electron chi connectivity index (χ0n) is 22.7. The number of hydrogen-bond donors (Lipinski definition) is 3. The third kappa shape index (κ3) is 5.16. The molecule has 0 aliphatic heterocycles. The predicted octanol–water partition coefficient (Wildman–Crippen LogP) is 4.13. The first-order valence-electron chi connectivity index (χ1n) is 13.0. The van der Waals surface area contributed by atoms with E-state index in [1.165, 1.54) is 7.11 Å². The van der Waals surface area contributed by atoms with Crippen molar-refractivity contribution in [2.24, 2.45) is 0 Å². The highest BCUT2D eigenvalue weighted by Gasteiger charge is 2.54. The van der Waals surface area contributed by atoms with Gasteiger partial charge in [-0.15, -0.1) is 6.58 Å². The molecular formula is C30H30N4O6S. The van der Waals surface area contributed by atoms with Crippen molar-refractivity contribution < 1.29 is 23.1 Å². The van der Waals surface area contributed by atoms with Crippen molar-refractivity contribution in [1.29, 1.82) is 0 Å². The smallest absolute Gasteiger partial charge is 0.256 e. The number of H-pyrrole nitrogens is 1. The molecule has 1 fully saturated rings. The molecule has 0 bridgehead atoms. The van der Waals surface area contributed by atoms with Gasteiger partial charge in [-0.3, -0.25) is 14.6 Å². The van der Waals surface area contributed by atoms with E-state index in [1.807, 2.05) is 6.07 Å². The second kappa shape index (κ2) is 10.7. The highest BCUT2D eigenvalue weighted by atomic mass is 32.2. The molecule has 0 atom stereocenters. The van der Waals surface area contributed by atoms with E-state index >= 15 is 0 Å². The summed E-state index contributed by atoms with van der Waals surface area (Å²) in [4.78, 5) is 33.1. The molecule has 4 aromatic rings. The van der Waals surface area contributed by atoms with E-state index in [4.69, 9.17) is 4.74 Å². The highest BCUT2D eigenvalue weighted by Crippen LogP contribution is 2.49. The van der Waals surface area contributed by atoms with E-state index in [0.717, 1.165) is 10.2 Å². The number of amides is 1. The Balaban J connectivity index is 1.61. The molecule has 1 saturated carbocycles. The quantitative estimate of drug-likeness (QED) is 0.242. The molecule has 1 aliphatic rings. The number of rotatable bonds is 10. The standard InChI is InChI=1S/C30H30N4O6S/c1-4-10-30(11-12-30)41(38,39)34-18-25(35)27-22(15-20(16-24(27)34)8-9-21-7-5-6-13-31-21)28(36)32-17-23-26(40-3)14-19(2)33-29(23)37/h4-9,13-16,18,35H,1,10-12,17H2,2-3H3,(H,32,36)(H,33,37)/b9-8+. The number of ether oxygens (including phenoxy) is 1. The van der Waals surface area contributed by atoms with Crippen LogP contribution in [0.2, 0.25) is 0 Å². The van der Waals surface area contributed by atoms with Crippen LogP contribution in [0.4, 0.5) is 0 Å². The van der Waals surface area contributed by atoms with Gasteiger partial charge >= 0.3 is 0 Å². The van der Waals surface area contributed by atoms with Gasteiger partial charge in [0.05, 0.1) is 52.3 Å². The Morgan fingerprint density at radius 1 is 1.27 bits per heavy atom. The molecule has 3 aromatic heterocycles. The number of nitrogens with zero attached hydrogens (tertiary/aromatic N) is 2. The number of aromatic amines is 1. The van der Waals surface area contributed by atoms with Crippen LogP contribution in [0, 0.1) is 6.92 Å². The van der Waals surface area contributed by atoms with E-state index in [-0.39, 0.29) is 40.7 Å². The average molecular weight is 575 g/mol. The minimum absolute atomic E-state index is 0.0469. The molecule has 41 heavy (non-hydrogen) atoms. The van der Waals surface area contributed by atoms with Crippen molar-refractivity contribution in [2.45, 2.75) is 37.5 Å². The summed E-state index contributed by atoms with van der Waals surface area (Å²) >= 11 is 0. The van der Waals surface area contributed by atoms with Crippen molar-refractivity contribution in [1.82, 2.24) is 19.3 Å². The molecule has 1 amide bonds. The Morgan fingerprint density at radius 3 is 2.71 bits per heavy atom. The molecule has 0 spiro atoms. The van der Waals surface area contributed by atoms with Crippen molar-refractivity contribution in [2.75, 3.05) is 7.11 Å². The average Bonchev–Trinajstić information content (AvgIpc) is 3.67. The number of aromatic nitrogens is 3. The number of carbonyl (C=O) groups is 1. The zero-order valence-corrected chi connectivity index (χ0v) is 23.5. The summed E-state index contributed by atoms with van der Waals surface area (Å²) < 4.78 is 32.9. The molecule has 1 aliphatic carbocycles. The number of carbonyl (C=O) groups excluding carboxylic acids is 1. The third-order valence-electron chi connectivity index (χ3n) is 7.26. The van der Waals surface area contributed by atoms with Crippen LogP contribution in [0.1, 0.15) is 52.1 Å². The molecular weight excluding hydrogens is 544 g/mol. The first kappa shape index (κ1) is 27.9. The summed E-state index contributed by atoms with van der Waals surface area (Å²) in [6, 6.07) is 10.2. The van der Waals surface area contributed by atoms with Crippen molar-refractivity contribution in [3.8, 4) is 11.5 Å². The van der Waals surface area contributed by atoms with Gasteiger partial charge in [-0.25, -0.2) is 12.4 Å². The number of fused-ring (bicyclic) bond motifs is 1. The van der Waals surface area contributed by atoms with E-state index in [1.54, 1.807) is 61.7 Å². The van der Waals surface area contributed by atoms with E-state index < -0.39 is 26.2 Å². The van der Waals surface area contributed by atoms with Crippen LogP contribution in [0.5, 0.6) is 11.5 Å². The van der Waals surface area contributed by atoms with Gasteiger partial charge in [-0.2, -0.15) is 0 Å². The number of pyridine rings is 2. The van der Waals surface area contributed by atoms with Gasteiger partial charge in [0.1, 0.15) is 11.5 Å². The second-order valence-corrected chi connectivity index (χ2v) is 12.3. The van der Waals surface area contributed by atoms with E-state index in [9.17, 15) is 23.1 Å². The number of nitrogens with one attached hydrogen (secondary N) is 2. The molecule has 0 unspecified atom stereocenters. The van der Waals surface area contributed by atoms with Gasteiger partial charge in [-0.05, 0) is 68.2 Å². The van der Waals surface area contributed by atoms with E-state index in [2.05, 4.69) is 21.9 Å². The van der Waals surface area contributed by atoms with Crippen LogP contribution >= 0.6 is 0 Å². The second-order valence-electron chi connectivity index (χ2n) is 10.1. The third-order valence-corrected chi connectivity index (χ3v) is 9.75. The number of aromatic hydroxyl groups is 1. The molecule has 1 aromatic carbocycles. The van der Waals surface area contributed by atoms with Crippen LogP contribution < -0.4 is 15.6 Å². The molecule has 212 valence electrons. The lowest BCUT2D eigenvalue weighted by atomic mass is 10.0. The molecule has 3 N–H and O–H groups in total. The van der Waals surface area contributed by atoms with Crippen LogP contribution in [0.3, 0.4) is 0 Å². The lowest BCUT2D eigenvalue weighted by molar-refractivity contribution is 0.0952. The number of hydrogen-bond acceptors (Lipinski definition) is 7. The molecule has 3 heterocycles. The Bertz CT molecular complexity index is 1850. The van der Waals surface area contributed by atoms with Crippen molar-refractivity contribution in [3.05, 3.63) is 99.9 Å². The van der Waals surface area contributed by atoms with Crippen molar-refractivity contribution >= 4 is 39.0 Å². The number of allylic oxidation sites excluding steroid dienone is 1. The fraction of sp³-hybridized carbons (Fsp3) is 0.233. The van der Waals surface area contributed by atoms with Crippen LogP contribution in [-0.2, 0) is 16.6 Å². The van der Waals surface area contributed by atoms with Gasteiger partial charge < -0.3 is 20.1 Å². The summed E-state index contributed by atoms with van der Waals surface area (Å²) in [6.07, 6.45) is 9.04. The lowest BCUT2D eigenvalue weighted by Crippen LogP contribution is -2.29. The topological polar surface area (TPSA) is 143 Å². The van der Waals surface area contributed by atoms with Crippen molar-refractivity contribution in [3.63, 3.8) is 0 Å². The predicted molar refractivity (Wildman–Crippen MR) is 157 cm³/mol. The minimum Gasteiger partial charge on any atom is -0.506 e. The fourth-order valence-corrected chi connectivity index (χ4v) is 6.95. The maximum Gasteiger partial charge on any atom is 0.256 e. The fourth-order valence-electron chi connectivity index (χ4n) is 4.95. The molecule has 11 heteroatoms. The Hall–Kier alpha value is -4.64. The number of methoxy groups -OCH3 is 1. The highest BCUT2D eigenvalue weighted by molar-refractivity contribution is 7.91.